The number of aliphatic imine (C=N–C) groups is 1. The van der Waals surface area contributed by atoms with Crippen LogP contribution in [0.15, 0.2) is 35.3 Å². The summed E-state index contributed by atoms with van der Waals surface area (Å²) in [7, 11) is 3.94. The molecule has 122 valence electrons. The van der Waals surface area contributed by atoms with Crippen LogP contribution < -0.4 is 10.2 Å². The van der Waals surface area contributed by atoms with Crippen LogP contribution in [0.1, 0.15) is 19.3 Å². The molecule has 1 saturated heterocycles. The van der Waals surface area contributed by atoms with Crippen LogP contribution in [0.25, 0.3) is 0 Å². The van der Waals surface area contributed by atoms with E-state index in [-0.39, 0.29) is 6.10 Å². The topological polar surface area (TPSA) is 51.1 Å². The molecule has 1 aliphatic heterocycles. The molecule has 22 heavy (non-hydrogen) atoms. The van der Waals surface area contributed by atoms with E-state index in [0.29, 0.717) is 0 Å². The van der Waals surface area contributed by atoms with Crippen molar-refractivity contribution in [3.63, 3.8) is 0 Å². The molecule has 0 bridgehead atoms. The van der Waals surface area contributed by atoms with Crippen LogP contribution in [-0.4, -0.2) is 62.3 Å². The molecular formula is C17H28N4O. The standard InChI is InChI=1S/C17H28N4O/c1-18-17(21-13-9-16(22)10-14-21)19-11-6-12-20(2)15-7-4-3-5-8-15/h3-5,7-8,16,22H,6,9-14H2,1-2H3,(H,18,19). The number of benzene rings is 1. The van der Waals surface area contributed by atoms with Crippen LogP contribution in [0.3, 0.4) is 0 Å². The fourth-order valence-electron chi connectivity index (χ4n) is 2.74. The Balaban J connectivity index is 1.69. The lowest BCUT2D eigenvalue weighted by Gasteiger charge is -2.32. The van der Waals surface area contributed by atoms with E-state index >= 15 is 0 Å². The van der Waals surface area contributed by atoms with Crippen molar-refractivity contribution < 1.29 is 5.11 Å². The monoisotopic (exact) mass is 304 g/mol. The van der Waals surface area contributed by atoms with Gasteiger partial charge in [-0.3, -0.25) is 4.99 Å². The third-order valence-electron chi connectivity index (χ3n) is 4.13. The number of piperidine rings is 1. The molecule has 0 aliphatic carbocycles. The Kier molecular flexibility index (Phi) is 6.52. The molecule has 1 heterocycles. The summed E-state index contributed by atoms with van der Waals surface area (Å²) in [4.78, 5) is 8.84. The predicted molar refractivity (Wildman–Crippen MR) is 92.5 cm³/mol. The number of aliphatic hydroxyl groups is 1. The third-order valence-corrected chi connectivity index (χ3v) is 4.13. The first kappa shape index (κ1) is 16.6. The van der Waals surface area contributed by atoms with Crippen LogP contribution in [-0.2, 0) is 0 Å². The van der Waals surface area contributed by atoms with Crippen molar-refractivity contribution in [2.75, 3.05) is 45.2 Å². The molecule has 5 nitrogen and oxygen atoms in total. The van der Waals surface area contributed by atoms with Gasteiger partial charge in [-0.2, -0.15) is 0 Å². The molecule has 0 amide bonds. The first-order chi connectivity index (χ1) is 10.7. The number of hydrogen-bond donors (Lipinski definition) is 2. The molecular weight excluding hydrogens is 276 g/mol. The van der Waals surface area contributed by atoms with Gasteiger partial charge in [0.05, 0.1) is 6.10 Å². The summed E-state index contributed by atoms with van der Waals surface area (Å²) < 4.78 is 0. The van der Waals surface area contributed by atoms with Crippen molar-refractivity contribution in [3.05, 3.63) is 30.3 Å². The lowest BCUT2D eigenvalue weighted by Crippen LogP contribution is -2.47. The van der Waals surface area contributed by atoms with Gasteiger partial charge in [0.2, 0.25) is 0 Å². The normalized spacial score (nSPS) is 16.7. The van der Waals surface area contributed by atoms with E-state index in [0.717, 1.165) is 51.4 Å². The summed E-state index contributed by atoms with van der Waals surface area (Å²) >= 11 is 0. The molecule has 0 unspecified atom stereocenters. The second-order valence-electron chi connectivity index (χ2n) is 5.80. The Bertz CT molecular complexity index is 455. The van der Waals surface area contributed by atoms with E-state index in [1.807, 2.05) is 13.1 Å². The lowest BCUT2D eigenvalue weighted by atomic mass is 10.1. The molecule has 5 heteroatoms. The van der Waals surface area contributed by atoms with E-state index in [1.54, 1.807) is 0 Å². The van der Waals surface area contributed by atoms with Gasteiger partial charge in [0.15, 0.2) is 5.96 Å². The van der Waals surface area contributed by atoms with Gasteiger partial charge in [-0.25, -0.2) is 0 Å². The maximum atomic E-state index is 9.57. The highest BCUT2D eigenvalue weighted by Crippen LogP contribution is 2.11. The lowest BCUT2D eigenvalue weighted by molar-refractivity contribution is 0.108. The Morgan fingerprint density at radius 2 is 2.00 bits per heavy atom. The van der Waals surface area contributed by atoms with Gasteiger partial charge in [0, 0.05) is 46.0 Å². The molecule has 1 aliphatic rings. The summed E-state index contributed by atoms with van der Waals surface area (Å²) in [6, 6.07) is 10.4. The number of aliphatic hydroxyl groups excluding tert-OH is 1. The number of nitrogens with zero attached hydrogens (tertiary/aromatic N) is 3. The fourth-order valence-corrected chi connectivity index (χ4v) is 2.74. The second-order valence-corrected chi connectivity index (χ2v) is 5.80. The first-order valence-corrected chi connectivity index (χ1v) is 8.10. The molecule has 1 fully saturated rings. The summed E-state index contributed by atoms with van der Waals surface area (Å²) in [6.07, 6.45) is 2.57. The fraction of sp³-hybridized carbons (Fsp3) is 0.588. The highest BCUT2D eigenvalue weighted by molar-refractivity contribution is 5.79. The van der Waals surface area contributed by atoms with Gasteiger partial charge >= 0.3 is 0 Å². The zero-order valence-electron chi connectivity index (χ0n) is 13.7. The Hall–Kier alpha value is -1.75. The minimum Gasteiger partial charge on any atom is -0.393 e. The predicted octanol–water partition coefficient (Wildman–Crippen LogP) is 1.54. The van der Waals surface area contributed by atoms with Crippen molar-refractivity contribution in [1.82, 2.24) is 10.2 Å². The van der Waals surface area contributed by atoms with Gasteiger partial charge in [-0.1, -0.05) is 18.2 Å². The Morgan fingerprint density at radius 3 is 2.64 bits per heavy atom. The summed E-state index contributed by atoms with van der Waals surface area (Å²) in [5.74, 6) is 0.953. The zero-order valence-corrected chi connectivity index (χ0v) is 13.7. The quantitative estimate of drug-likeness (QED) is 0.492. The molecule has 2 rings (SSSR count). The molecule has 0 atom stereocenters. The minimum absolute atomic E-state index is 0.145. The summed E-state index contributed by atoms with van der Waals surface area (Å²) in [6.45, 7) is 3.67. The number of guanidine groups is 1. The van der Waals surface area contributed by atoms with Gasteiger partial charge < -0.3 is 20.2 Å². The second kappa shape index (κ2) is 8.63. The number of nitrogens with one attached hydrogen (secondary N) is 1. The average Bonchev–Trinajstić information content (AvgIpc) is 2.56. The van der Waals surface area contributed by atoms with Crippen LogP contribution >= 0.6 is 0 Å². The zero-order chi connectivity index (χ0) is 15.8. The van der Waals surface area contributed by atoms with E-state index in [1.165, 1.54) is 5.69 Å². The molecule has 1 aromatic rings. The molecule has 1 aromatic carbocycles. The maximum absolute atomic E-state index is 9.57. The SMILES string of the molecule is CN=C(NCCCN(C)c1ccccc1)N1CCC(O)CC1. The van der Waals surface area contributed by atoms with Crippen molar-refractivity contribution in [2.24, 2.45) is 4.99 Å². The highest BCUT2D eigenvalue weighted by Gasteiger charge is 2.19. The van der Waals surface area contributed by atoms with Crippen molar-refractivity contribution >= 4 is 11.6 Å². The third kappa shape index (κ3) is 4.91. The summed E-state index contributed by atoms with van der Waals surface area (Å²) in [5.41, 5.74) is 1.25. The van der Waals surface area contributed by atoms with E-state index < -0.39 is 0 Å². The molecule has 0 radical (unpaired) electrons. The Labute approximate surface area is 133 Å². The summed E-state index contributed by atoms with van der Waals surface area (Å²) in [5, 5.41) is 13.0. The van der Waals surface area contributed by atoms with Crippen molar-refractivity contribution in [1.29, 1.82) is 0 Å². The largest absolute Gasteiger partial charge is 0.393 e. The maximum Gasteiger partial charge on any atom is 0.193 e. The number of anilines is 1. The number of hydrogen-bond acceptors (Lipinski definition) is 3. The molecule has 2 N–H and O–H groups in total. The van der Waals surface area contributed by atoms with E-state index in [4.69, 9.17) is 0 Å². The van der Waals surface area contributed by atoms with Crippen molar-refractivity contribution in [2.45, 2.75) is 25.4 Å². The smallest absolute Gasteiger partial charge is 0.193 e. The average molecular weight is 304 g/mol. The minimum atomic E-state index is -0.145. The van der Waals surface area contributed by atoms with Crippen molar-refractivity contribution in [3.8, 4) is 0 Å². The first-order valence-electron chi connectivity index (χ1n) is 8.10. The number of para-hydroxylation sites is 1. The molecule has 0 aromatic heterocycles. The van der Waals surface area contributed by atoms with E-state index in [9.17, 15) is 5.11 Å². The van der Waals surface area contributed by atoms with Crippen LogP contribution in [0.4, 0.5) is 5.69 Å². The van der Waals surface area contributed by atoms with E-state index in [2.05, 4.69) is 51.4 Å². The van der Waals surface area contributed by atoms with Gasteiger partial charge in [-0.15, -0.1) is 0 Å². The van der Waals surface area contributed by atoms with Gasteiger partial charge in [0.25, 0.3) is 0 Å². The highest BCUT2D eigenvalue weighted by atomic mass is 16.3. The van der Waals surface area contributed by atoms with Gasteiger partial charge in [0.1, 0.15) is 0 Å². The Morgan fingerprint density at radius 1 is 1.32 bits per heavy atom. The van der Waals surface area contributed by atoms with Crippen LogP contribution in [0, 0.1) is 0 Å². The van der Waals surface area contributed by atoms with Crippen LogP contribution in [0.5, 0.6) is 0 Å². The number of likely N-dealkylation sites (tertiary alicyclic amines) is 1. The van der Waals surface area contributed by atoms with Gasteiger partial charge in [-0.05, 0) is 31.4 Å². The van der Waals surface area contributed by atoms with Crippen LogP contribution in [0.2, 0.25) is 0 Å². The number of rotatable bonds is 5. The molecule has 0 saturated carbocycles. The molecule has 0 spiro atoms.